The summed E-state index contributed by atoms with van der Waals surface area (Å²) in [5.74, 6) is 0.391. The third kappa shape index (κ3) is 4.35. The molecular weight excluding hydrogens is 286 g/mol. The Hall–Kier alpha value is -1.35. The van der Waals surface area contributed by atoms with Crippen molar-refractivity contribution in [3.05, 3.63) is 35.9 Å². The number of hydrogen-bond acceptors (Lipinski definition) is 3. The van der Waals surface area contributed by atoms with Crippen LogP contribution in [0.25, 0.3) is 0 Å². The normalized spacial score (nSPS) is 25.9. The van der Waals surface area contributed by atoms with E-state index in [4.69, 9.17) is 4.74 Å². The number of hydrogen-bond donors (Lipinski definition) is 1. The Morgan fingerprint density at radius 1 is 0.957 bits per heavy atom. The second-order valence-corrected chi connectivity index (χ2v) is 8.84. The Balaban J connectivity index is 2.28. The largest absolute Gasteiger partial charge is 0.458 e. The van der Waals surface area contributed by atoms with E-state index in [1.807, 2.05) is 30.3 Å². The maximum atomic E-state index is 12.6. The lowest BCUT2D eigenvalue weighted by Gasteiger charge is -2.48. The van der Waals surface area contributed by atoms with Crippen molar-refractivity contribution in [2.45, 2.75) is 47.6 Å². The number of benzene rings is 1. The highest BCUT2D eigenvalue weighted by Gasteiger charge is 2.46. The van der Waals surface area contributed by atoms with Crippen LogP contribution in [0.5, 0.6) is 0 Å². The van der Waals surface area contributed by atoms with Gasteiger partial charge in [-0.2, -0.15) is 0 Å². The van der Waals surface area contributed by atoms with Gasteiger partial charge >= 0.3 is 5.97 Å². The fourth-order valence-corrected chi connectivity index (χ4v) is 3.44. The van der Waals surface area contributed by atoms with Gasteiger partial charge in [-0.25, -0.2) is 4.79 Å². The highest BCUT2D eigenvalue weighted by atomic mass is 16.5. The van der Waals surface area contributed by atoms with Crippen LogP contribution in [0.15, 0.2) is 30.3 Å². The van der Waals surface area contributed by atoms with Crippen molar-refractivity contribution < 1.29 is 9.53 Å². The lowest BCUT2D eigenvalue weighted by Crippen LogP contribution is -2.56. The Morgan fingerprint density at radius 3 is 1.87 bits per heavy atom. The molecule has 1 heterocycles. The van der Waals surface area contributed by atoms with Gasteiger partial charge in [0, 0.05) is 24.9 Å². The molecule has 1 aromatic rings. The van der Waals surface area contributed by atoms with E-state index in [0.29, 0.717) is 17.4 Å². The van der Waals surface area contributed by atoms with Crippen LogP contribution in [0.2, 0.25) is 0 Å². The van der Waals surface area contributed by atoms with Gasteiger partial charge in [-0.3, -0.25) is 0 Å². The average molecular weight is 317 g/mol. The predicted octanol–water partition coefficient (Wildman–Crippen LogP) is 4.14. The third-order valence-electron chi connectivity index (χ3n) is 5.00. The molecule has 1 fully saturated rings. The van der Waals surface area contributed by atoms with Gasteiger partial charge in [0.1, 0.15) is 6.10 Å². The SMILES string of the molecule is CC(C)(C)C1CNCC(C(C)(C)C)C1OC(=O)c1ccccc1. The van der Waals surface area contributed by atoms with Gasteiger partial charge in [-0.05, 0) is 23.0 Å². The van der Waals surface area contributed by atoms with Crippen molar-refractivity contribution in [2.75, 3.05) is 13.1 Å². The molecule has 2 rings (SSSR count). The van der Waals surface area contributed by atoms with Crippen LogP contribution < -0.4 is 5.32 Å². The molecule has 0 saturated carbocycles. The Bertz CT molecular complexity index is 503. The first-order valence-corrected chi connectivity index (χ1v) is 8.57. The van der Waals surface area contributed by atoms with E-state index >= 15 is 0 Å². The zero-order chi connectivity index (χ0) is 17.3. The molecule has 1 aliphatic heterocycles. The summed E-state index contributed by atoms with van der Waals surface area (Å²) in [7, 11) is 0. The number of nitrogens with one attached hydrogen (secondary N) is 1. The molecule has 1 saturated heterocycles. The number of carbonyl (C=O) groups is 1. The van der Waals surface area contributed by atoms with E-state index in [1.54, 1.807) is 0 Å². The third-order valence-corrected chi connectivity index (χ3v) is 5.00. The van der Waals surface area contributed by atoms with Crippen molar-refractivity contribution in [1.29, 1.82) is 0 Å². The molecule has 3 nitrogen and oxygen atoms in total. The van der Waals surface area contributed by atoms with E-state index in [2.05, 4.69) is 46.9 Å². The van der Waals surface area contributed by atoms with Gasteiger partial charge in [-0.1, -0.05) is 59.7 Å². The summed E-state index contributed by atoms with van der Waals surface area (Å²) in [5.41, 5.74) is 0.795. The van der Waals surface area contributed by atoms with Crippen LogP contribution in [-0.4, -0.2) is 25.2 Å². The molecule has 0 bridgehead atoms. The summed E-state index contributed by atoms with van der Waals surface area (Å²) in [6.07, 6.45) is -0.0658. The number of ether oxygens (including phenoxy) is 1. The van der Waals surface area contributed by atoms with Crippen LogP contribution in [-0.2, 0) is 4.74 Å². The first-order chi connectivity index (χ1) is 10.6. The molecule has 128 valence electrons. The van der Waals surface area contributed by atoms with Crippen LogP contribution in [0.1, 0.15) is 51.9 Å². The average Bonchev–Trinajstić information content (AvgIpc) is 2.46. The number of rotatable bonds is 2. The van der Waals surface area contributed by atoms with E-state index in [9.17, 15) is 4.79 Å². The van der Waals surface area contributed by atoms with E-state index in [0.717, 1.165) is 13.1 Å². The predicted molar refractivity (Wildman–Crippen MR) is 94.4 cm³/mol. The second kappa shape index (κ2) is 6.64. The van der Waals surface area contributed by atoms with Crippen LogP contribution in [0.3, 0.4) is 0 Å². The fraction of sp³-hybridized carbons (Fsp3) is 0.650. The highest BCUT2D eigenvalue weighted by molar-refractivity contribution is 5.89. The maximum Gasteiger partial charge on any atom is 0.338 e. The lowest BCUT2D eigenvalue weighted by atomic mass is 9.65. The minimum atomic E-state index is -0.207. The molecule has 1 aromatic carbocycles. The van der Waals surface area contributed by atoms with E-state index in [1.165, 1.54) is 0 Å². The van der Waals surface area contributed by atoms with Gasteiger partial charge in [0.15, 0.2) is 0 Å². The molecule has 3 heteroatoms. The van der Waals surface area contributed by atoms with Crippen molar-refractivity contribution in [3.8, 4) is 0 Å². The fourth-order valence-electron chi connectivity index (χ4n) is 3.44. The molecule has 0 amide bonds. The van der Waals surface area contributed by atoms with Crippen molar-refractivity contribution in [1.82, 2.24) is 5.32 Å². The van der Waals surface area contributed by atoms with Gasteiger partial charge in [0.2, 0.25) is 0 Å². The van der Waals surface area contributed by atoms with Crippen molar-refractivity contribution in [3.63, 3.8) is 0 Å². The van der Waals surface area contributed by atoms with Crippen LogP contribution >= 0.6 is 0 Å². The maximum absolute atomic E-state index is 12.6. The van der Waals surface area contributed by atoms with Gasteiger partial charge < -0.3 is 10.1 Å². The minimum absolute atomic E-state index is 0.0658. The second-order valence-electron chi connectivity index (χ2n) is 8.84. The molecular formula is C20H31NO2. The zero-order valence-electron chi connectivity index (χ0n) is 15.3. The van der Waals surface area contributed by atoms with Gasteiger partial charge in [0.25, 0.3) is 0 Å². The Labute approximate surface area is 140 Å². The molecule has 23 heavy (non-hydrogen) atoms. The first-order valence-electron chi connectivity index (χ1n) is 8.57. The Morgan fingerprint density at radius 2 is 1.43 bits per heavy atom. The molecule has 2 unspecified atom stereocenters. The molecule has 0 radical (unpaired) electrons. The zero-order valence-corrected chi connectivity index (χ0v) is 15.3. The van der Waals surface area contributed by atoms with E-state index in [-0.39, 0.29) is 22.9 Å². The standard InChI is InChI=1S/C20H31NO2/c1-19(2,3)15-12-21-13-16(20(4,5)6)17(15)23-18(22)14-10-8-7-9-11-14/h7-11,15-17,21H,12-13H2,1-6H3. The monoisotopic (exact) mass is 317 g/mol. The molecule has 1 aliphatic rings. The summed E-state index contributed by atoms with van der Waals surface area (Å²) < 4.78 is 6.08. The molecule has 0 spiro atoms. The van der Waals surface area contributed by atoms with E-state index < -0.39 is 0 Å². The molecule has 1 N–H and O–H groups in total. The molecule has 2 atom stereocenters. The summed E-state index contributed by atoms with van der Waals surface area (Å²) in [5, 5.41) is 3.55. The summed E-state index contributed by atoms with van der Waals surface area (Å²) in [6.45, 7) is 15.2. The van der Waals surface area contributed by atoms with Crippen LogP contribution in [0.4, 0.5) is 0 Å². The number of carbonyl (C=O) groups excluding carboxylic acids is 1. The highest BCUT2D eigenvalue weighted by Crippen LogP contribution is 2.41. The van der Waals surface area contributed by atoms with Gasteiger partial charge in [-0.15, -0.1) is 0 Å². The summed E-state index contributed by atoms with van der Waals surface area (Å²) >= 11 is 0. The molecule has 0 aliphatic carbocycles. The Kier molecular flexibility index (Phi) is 5.20. The number of esters is 1. The van der Waals surface area contributed by atoms with Gasteiger partial charge in [0.05, 0.1) is 5.56 Å². The number of piperidine rings is 1. The minimum Gasteiger partial charge on any atom is -0.458 e. The molecule has 0 aromatic heterocycles. The first kappa shape index (κ1) is 18.0. The topological polar surface area (TPSA) is 38.3 Å². The van der Waals surface area contributed by atoms with Crippen molar-refractivity contribution in [2.24, 2.45) is 22.7 Å². The smallest absolute Gasteiger partial charge is 0.338 e. The lowest BCUT2D eigenvalue weighted by molar-refractivity contribution is -0.0722. The summed E-state index contributed by atoms with van der Waals surface area (Å²) in [6, 6.07) is 9.31. The van der Waals surface area contributed by atoms with Crippen molar-refractivity contribution >= 4 is 5.97 Å². The van der Waals surface area contributed by atoms with Crippen LogP contribution in [0, 0.1) is 22.7 Å². The summed E-state index contributed by atoms with van der Waals surface area (Å²) in [4.78, 5) is 12.6. The quantitative estimate of drug-likeness (QED) is 0.833.